The van der Waals surface area contributed by atoms with E-state index in [0.717, 1.165) is 0 Å². The van der Waals surface area contributed by atoms with Gasteiger partial charge < -0.3 is 10.1 Å². The third kappa shape index (κ3) is 3.88. The van der Waals surface area contributed by atoms with Gasteiger partial charge in [0, 0.05) is 0 Å². The van der Waals surface area contributed by atoms with E-state index in [0.29, 0.717) is 31.8 Å². The molecule has 1 aromatic carbocycles. The summed E-state index contributed by atoms with van der Waals surface area (Å²) in [6.45, 7) is 0.639. The van der Waals surface area contributed by atoms with Crippen molar-refractivity contribution in [1.82, 2.24) is 14.8 Å². The number of halogens is 3. The standard InChI is InChI=1S/C15H13ClF2N4O2S/c1-7-13(16)8(2)22(21-7)6-12(23)20-15-19-10-4-3-9(24-14(17)18)5-11(10)25-15/h3-5,14H,6H2,1-2H3,(H,19,20,23). The number of nitrogens with one attached hydrogen (secondary N) is 1. The molecule has 0 saturated carbocycles. The molecule has 0 saturated heterocycles. The molecule has 3 aromatic rings. The highest BCUT2D eigenvalue weighted by molar-refractivity contribution is 7.22. The Bertz CT molecular complexity index is 941. The third-order valence-corrected chi connectivity index (χ3v) is 4.90. The Labute approximate surface area is 150 Å². The molecule has 0 aliphatic carbocycles. The first-order chi connectivity index (χ1) is 11.8. The fraction of sp³-hybridized carbons (Fsp3) is 0.267. The number of amides is 1. The van der Waals surface area contributed by atoms with Crippen LogP contribution in [0.4, 0.5) is 13.9 Å². The van der Waals surface area contributed by atoms with Gasteiger partial charge in [0.1, 0.15) is 12.3 Å². The van der Waals surface area contributed by atoms with Crippen LogP contribution in [0, 0.1) is 13.8 Å². The van der Waals surface area contributed by atoms with E-state index in [4.69, 9.17) is 11.6 Å². The zero-order chi connectivity index (χ0) is 18.1. The van der Waals surface area contributed by atoms with Gasteiger partial charge in [0.2, 0.25) is 5.91 Å². The zero-order valence-electron chi connectivity index (χ0n) is 13.2. The SMILES string of the molecule is Cc1nn(CC(=O)Nc2nc3ccc(OC(F)F)cc3s2)c(C)c1Cl. The van der Waals surface area contributed by atoms with Crippen molar-refractivity contribution in [3.63, 3.8) is 0 Å². The summed E-state index contributed by atoms with van der Waals surface area (Å²) in [6.07, 6.45) is 0. The largest absolute Gasteiger partial charge is 0.435 e. The van der Waals surface area contributed by atoms with Gasteiger partial charge in [0.15, 0.2) is 5.13 Å². The minimum Gasteiger partial charge on any atom is -0.435 e. The van der Waals surface area contributed by atoms with Crippen LogP contribution >= 0.6 is 22.9 Å². The molecule has 0 atom stereocenters. The molecule has 0 unspecified atom stereocenters. The van der Waals surface area contributed by atoms with Crippen LogP contribution in [-0.4, -0.2) is 27.3 Å². The highest BCUT2D eigenvalue weighted by Crippen LogP contribution is 2.30. The molecule has 3 rings (SSSR count). The summed E-state index contributed by atoms with van der Waals surface area (Å²) in [5, 5.41) is 7.75. The highest BCUT2D eigenvalue weighted by atomic mass is 35.5. The van der Waals surface area contributed by atoms with E-state index in [1.165, 1.54) is 28.2 Å². The van der Waals surface area contributed by atoms with Crippen molar-refractivity contribution in [3.05, 3.63) is 34.6 Å². The van der Waals surface area contributed by atoms with Gasteiger partial charge in [0.05, 0.1) is 26.6 Å². The number of carbonyl (C=O) groups is 1. The molecule has 1 N–H and O–H groups in total. The molecule has 0 spiro atoms. The number of rotatable bonds is 5. The molecule has 6 nitrogen and oxygen atoms in total. The Kier molecular flexibility index (Phi) is 4.87. The van der Waals surface area contributed by atoms with Crippen LogP contribution in [0.5, 0.6) is 5.75 Å². The van der Waals surface area contributed by atoms with Crippen LogP contribution in [0.2, 0.25) is 5.02 Å². The molecule has 2 aromatic heterocycles. The average molecular weight is 387 g/mol. The monoisotopic (exact) mass is 386 g/mol. The lowest BCUT2D eigenvalue weighted by Crippen LogP contribution is -2.20. The highest BCUT2D eigenvalue weighted by Gasteiger charge is 2.14. The number of fused-ring (bicyclic) bond motifs is 1. The second kappa shape index (κ2) is 6.93. The van der Waals surface area contributed by atoms with Crippen molar-refractivity contribution in [2.24, 2.45) is 0 Å². The number of aryl methyl sites for hydroxylation is 1. The van der Waals surface area contributed by atoms with Gasteiger partial charge in [-0.25, -0.2) is 4.98 Å². The number of hydrogen-bond acceptors (Lipinski definition) is 5. The number of ether oxygens (including phenoxy) is 1. The van der Waals surface area contributed by atoms with Gasteiger partial charge in [-0.1, -0.05) is 22.9 Å². The van der Waals surface area contributed by atoms with Gasteiger partial charge in [-0.3, -0.25) is 9.48 Å². The van der Waals surface area contributed by atoms with Crippen LogP contribution in [0.15, 0.2) is 18.2 Å². The molecule has 0 bridgehead atoms. The first-order valence-electron chi connectivity index (χ1n) is 7.18. The van der Waals surface area contributed by atoms with Crippen LogP contribution in [0.3, 0.4) is 0 Å². The normalized spacial score (nSPS) is 11.3. The number of carbonyl (C=O) groups excluding carboxylic acids is 1. The van der Waals surface area contributed by atoms with Gasteiger partial charge >= 0.3 is 6.61 Å². The summed E-state index contributed by atoms with van der Waals surface area (Å²) >= 11 is 7.22. The molecule has 0 aliphatic rings. The lowest BCUT2D eigenvalue weighted by atomic mass is 10.3. The van der Waals surface area contributed by atoms with Gasteiger partial charge in [-0.2, -0.15) is 13.9 Å². The summed E-state index contributed by atoms with van der Waals surface area (Å²) in [4.78, 5) is 16.4. The number of anilines is 1. The molecule has 1 amide bonds. The fourth-order valence-corrected chi connectivity index (χ4v) is 3.30. The van der Waals surface area contributed by atoms with Crippen molar-refractivity contribution in [3.8, 4) is 5.75 Å². The Balaban J connectivity index is 1.73. The number of hydrogen-bond donors (Lipinski definition) is 1. The Morgan fingerprint density at radius 1 is 1.44 bits per heavy atom. The summed E-state index contributed by atoms with van der Waals surface area (Å²) in [7, 11) is 0. The quantitative estimate of drug-likeness (QED) is 0.719. The van der Waals surface area contributed by atoms with Crippen molar-refractivity contribution < 1.29 is 18.3 Å². The maximum atomic E-state index is 12.3. The van der Waals surface area contributed by atoms with Gasteiger partial charge in [-0.15, -0.1) is 0 Å². The van der Waals surface area contributed by atoms with Crippen molar-refractivity contribution in [1.29, 1.82) is 0 Å². The van der Waals surface area contributed by atoms with Crippen molar-refractivity contribution >= 4 is 44.2 Å². The summed E-state index contributed by atoms with van der Waals surface area (Å²) in [5.74, 6) is -0.272. The predicted molar refractivity (Wildman–Crippen MR) is 91.6 cm³/mol. The number of nitrogens with zero attached hydrogens (tertiary/aromatic N) is 3. The van der Waals surface area contributed by atoms with Crippen LogP contribution < -0.4 is 10.1 Å². The minimum atomic E-state index is -2.89. The fourth-order valence-electron chi connectivity index (χ4n) is 2.26. The topological polar surface area (TPSA) is 69.0 Å². The molecular formula is C15H13ClF2N4O2S. The molecule has 25 heavy (non-hydrogen) atoms. The molecule has 10 heteroatoms. The second-order valence-corrected chi connectivity index (χ2v) is 6.63. The summed E-state index contributed by atoms with van der Waals surface area (Å²) in [5.41, 5.74) is 1.93. The minimum absolute atomic E-state index is 0.00490. The van der Waals surface area contributed by atoms with Crippen LogP contribution in [-0.2, 0) is 11.3 Å². The van der Waals surface area contributed by atoms with E-state index in [1.54, 1.807) is 19.9 Å². The van der Waals surface area contributed by atoms with Gasteiger partial charge in [0.25, 0.3) is 0 Å². The third-order valence-electron chi connectivity index (χ3n) is 3.42. The number of aromatic nitrogens is 3. The lowest BCUT2D eigenvalue weighted by Gasteiger charge is -2.04. The van der Waals surface area contributed by atoms with Gasteiger partial charge in [-0.05, 0) is 32.0 Å². The first-order valence-corrected chi connectivity index (χ1v) is 8.37. The van der Waals surface area contributed by atoms with E-state index in [2.05, 4.69) is 20.1 Å². The predicted octanol–water partition coefficient (Wildman–Crippen LogP) is 4.00. The lowest BCUT2D eigenvalue weighted by molar-refractivity contribution is -0.116. The molecule has 0 fully saturated rings. The Morgan fingerprint density at radius 3 is 2.84 bits per heavy atom. The number of thiazole rings is 1. The summed E-state index contributed by atoms with van der Waals surface area (Å²) < 4.78 is 31.0. The zero-order valence-corrected chi connectivity index (χ0v) is 14.8. The van der Waals surface area contributed by atoms with Crippen LogP contribution in [0.25, 0.3) is 10.2 Å². The van der Waals surface area contributed by atoms with Crippen molar-refractivity contribution in [2.45, 2.75) is 27.0 Å². The van der Waals surface area contributed by atoms with Crippen molar-refractivity contribution in [2.75, 3.05) is 5.32 Å². The van der Waals surface area contributed by atoms with Crippen LogP contribution in [0.1, 0.15) is 11.4 Å². The average Bonchev–Trinajstić information content (AvgIpc) is 3.02. The molecular weight excluding hydrogens is 374 g/mol. The van der Waals surface area contributed by atoms with E-state index < -0.39 is 6.61 Å². The second-order valence-electron chi connectivity index (χ2n) is 5.22. The van der Waals surface area contributed by atoms with E-state index >= 15 is 0 Å². The molecule has 0 aliphatic heterocycles. The van der Waals surface area contributed by atoms with E-state index in [-0.39, 0.29) is 18.2 Å². The maximum absolute atomic E-state index is 12.3. The van der Waals surface area contributed by atoms with E-state index in [9.17, 15) is 13.6 Å². The Morgan fingerprint density at radius 2 is 2.20 bits per heavy atom. The molecule has 0 radical (unpaired) electrons. The molecule has 2 heterocycles. The smallest absolute Gasteiger partial charge is 0.387 e. The summed E-state index contributed by atoms with van der Waals surface area (Å²) in [6, 6.07) is 4.41. The Hall–Kier alpha value is -2.26. The number of alkyl halides is 2. The first kappa shape index (κ1) is 17.6. The maximum Gasteiger partial charge on any atom is 0.387 e. The van der Waals surface area contributed by atoms with E-state index in [1.807, 2.05) is 0 Å². The number of benzene rings is 1. The molecule has 132 valence electrons.